The highest BCUT2D eigenvalue weighted by Crippen LogP contribution is 2.25. The van der Waals surface area contributed by atoms with E-state index in [1.165, 1.54) is 6.42 Å². The number of ether oxygens (including phenoxy) is 1. The van der Waals surface area contributed by atoms with Crippen LogP contribution in [0.3, 0.4) is 0 Å². The normalized spacial score (nSPS) is 13.6. The predicted octanol–water partition coefficient (Wildman–Crippen LogP) is 5.15. The van der Waals surface area contributed by atoms with E-state index in [1.54, 1.807) is 0 Å². The first-order chi connectivity index (χ1) is 18.7. The molecule has 0 saturated heterocycles. The number of anilines is 1. The second-order valence-electron chi connectivity index (χ2n) is 9.42. The van der Waals surface area contributed by atoms with Gasteiger partial charge in [0.2, 0.25) is 5.91 Å². The second-order valence-corrected chi connectivity index (χ2v) is 9.42. The number of alkyl carbamates (subject to hydrolysis) is 1. The molecule has 0 unspecified atom stereocenters. The Morgan fingerprint density at radius 2 is 1.63 bits per heavy atom. The summed E-state index contributed by atoms with van der Waals surface area (Å²) < 4.78 is 7.56. The van der Waals surface area contributed by atoms with Gasteiger partial charge < -0.3 is 19.9 Å². The Balaban J connectivity index is 1.30. The van der Waals surface area contributed by atoms with Crippen molar-refractivity contribution >= 4 is 17.7 Å². The average Bonchev–Trinajstić information content (AvgIpc) is 3.21. The average molecular weight is 510 g/mol. The van der Waals surface area contributed by atoms with Crippen LogP contribution in [-0.4, -0.2) is 32.8 Å². The van der Waals surface area contributed by atoms with Gasteiger partial charge in [0.1, 0.15) is 18.5 Å². The molecule has 2 heterocycles. The third-order valence-electron chi connectivity index (χ3n) is 6.60. The lowest BCUT2D eigenvalue weighted by atomic mass is 10.1. The Labute approximate surface area is 222 Å². The van der Waals surface area contributed by atoms with E-state index in [-0.39, 0.29) is 12.5 Å². The molecule has 1 aliphatic heterocycles. The molecule has 2 N–H and O–H groups in total. The maximum absolute atomic E-state index is 13.4. The first kappa shape index (κ1) is 25.2. The van der Waals surface area contributed by atoms with Crippen LogP contribution < -0.4 is 10.6 Å². The number of nitrogens with one attached hydrogen (secondary N) is 2. The largest absolute Gasteiger partial charge is 0.445 e. The highest BCUT2D eigenvalue weighted by Gasteiger charge is 2.23. The van der Waals surface area contributed by atoms with E-state index in [0.717, 1.165) is 54.1 Å². The van der Waals surface area contributed by atoms with Crippen LogP contribution in [0.2, 0.25) is 0 Å². The molecular formula is C30H31N5O3. The summed E-state index contributed by atoms with van der Waals surface area (Å²) in [6.45, 7) is 1.01. The van der Waals surface area contributed by atoms with Crippen molar-refractivity contribution in [1.82, 2.24) is 20.1 Å². The van der Waals surface area contributed by atoms with Gasteiger partial charge >= 0.3 is 6.09 Å². The fourth-order valence-electron chi connectivity index (χ4n) is 4.63. The summed E-state index contributed by atoms with van der Waals surface area (Å²) in [5, 5.41) is 14.5. The van der Waals surface area contributed by atoms with Crippen molar-refractivity contribution in [3.63, 3.8) is 0 Å². The van der Waals surface area contributed by atoms with Crippen LogP contribution in [0, 0.1) is 0 Å². The monoisotopic (exact) mass is 509 g/mol. The summed E-state index contributed by atoms with van der Waals surface area (Å²) in [6.07, 6.45) is 4.01. The number of amides is 2. The van der Waals surface area contributed by atoms with Gasteiger partial charge in [-0.05, 0) is 36.1 Å². The van der Waals surface area contributed by atoms with Crippen molar-refractivity contribution in [2.24, 2.45) is 0 Å². The van der Waals surface area contributed by atoms with Crippen molar-refractivity contribution in [2.45, 2.75) is 51.3 Å². The molecule has 2 amide bonds. The molecule has 0 radical (unpaired) electrons. The van der Waals surface area contributed by atoms with E-state index in [2.05, 4.69) is 25.4 Å². The number of benzene rings is 3. The molecule has 0 saturated carbocycles. The van der Waals surface area contributed by atoms with Gasteiger partial charge in [-0.3, -0.25) is 4.79 Å². The van der Waals surface area contributed by atoms with Crippen molar-refractivity contribution in [3.05, 3.63) is 102 Å². The smallest absolute Gasteiger partial charge is 0.408 e. The first-order valence-corrected chi connectivity index (χ1v) is 13.0. The molecule has 0 spiro atoms. The summed E-state index contributed by atoms with van der Waals surface area (Å²) in [7, 11) is 0. The summed E-state index contributed by atoms with van der Waals surface area (Å²) >= 11 is 0. The Morgan fingerprint density at radius 1 is 0.868 bits per heavy atom. The molecule has 5 rings (SSSR count). The molecule has 4 aromatic rings. The quantitative estimate of drug-likeness (QED) is 0.342. The lowest BCUT2D eigenvalue weighted by molar-refractivity contribution is -0.118. The van der Waals surface area contributed by atoms with Crippen LogP contribution >= 0.6 is 0 Å². The molecule has 38 heavy (non-hydrogen) atoms. The standard InChI is InChI=1S/C30H31N5O3/c36-29(31-25-16-10-15-24(20-25)28-34-33-27-17-8-3-9-18-35(27)28)26(19-22-11-4-1-5-12-22)32-30(37)38-21-23-13-6-2-7-14-23/h1-2,4-7,10-16,20,26H,3,8-9,17-19,21H2,(H,31,36)(H,32,37)/t26-/m0/s1. The Hall–Kier alpha value is -4.46. The minimum absolute atomic E-state index is 0.122. The van der Waals surface area contributed by atoms with Gasteiger partial charge in [-0.15, -0.1) is 10.2 Å². The molecule has 8 heteroatoms. The van der Waals surface area contributed by atoms with Gasteiger partial charge in [-0.25, -0.2) is 4.79 Å². The number of hydrogen-bond acceptors (Lipinski definition) is 5. The van der Waals surface area contributed by atoms with Gasteiger partial charge in [-0.2, -0.15) is 0 Å². The summed E-state index contributed by atoms with van der Waals surface area (Å²) in [6, 6.07) is 25.8. The van der Waals surface area contributed by atoms with Gasteiger partial charge in [0.25, 0.3) is 0 Å². The highest BCUT2D eigenvalue weighted by molar-refractivity contribution is 5.97. The minimum Gasteiger partial charge on any atom is -0.445 e. The number of rotatable bonds is 8. The van der Waals surface area contributed by atoms with E-state index in [4.69, 9.17) is 4.74 Å². The third-order valence-corrected chi connectivity index (χ3v) is 6.60. The Morgan fingerprint density at radius 3 is 2.42 bits per heavy atom. The molecular weight excluding hydrogens is 478 g/mol. The van der Waals surface area contributed by atoms with Crippen molar-refractivity contribution in [3.8, 4) is 11.4 Å². The van der Waals surface area contributed by atoms with Crippen LogP contribution in [0.5, 0.6) is 0 Å². The maximum atomic E-state index is 13.4. The molecule has 8 nitrogen and oxygen atoms in total. The van der Waals surface area contributed by atoms with Crippen LogP contribution in [0.25, 0.3) is 11.4 Å². The number of carbonyl (C=O) groups excluding carboxylic acids is 2. The van der Waals surface area contributed by atoms with Crippen molar-refractivity contribution in [1.29, 1.82) is 0 Å². The third kappa shape index (κ3) is 6.45. The number of fused-ring (bicyclic) bond motifs is 1. The van der Waals surface area contributed by atoms with E-state index in [0.29, 0.717) is 12.1 Å². The fraction of sp³-hybridized carbons (Fsp3) is 0.267. The minimum atomic E-state index is -0.825. The zero-order valence-corrected chi connectivity index (χ0v) is 21.2. The van der Waals surface area contributed by atoms with Gasteiger partial charge in [0.05, 0.1) is 0 Å². The van der Waals surface area contributed by atoms with Crippen LogP contribution in [0.15, 0.2) is 84.9 Å². The zero-order chi connectivity index (χ0) is 26.2. The second kappa shape index (κ2) is 12.2. The predicted molar refractivity (Wildman–Crippen MR) is 145 cm³/mol. The van der Waals surface area contributed by atoms with E-state index in [1.807, 2.05) is 84.9 Å². The molecule has 1 aromatic heterocycles. The van der Waals surface area contributed by atoms with E-state index < -0.39 is 12.1 Å². The fourth-order valence-corrected chi connectivity index (χ4v) is 4.63. The lowest BCUT2D eigenvalue weighted by Crippen LogP contribution is -2.45. The Kier molecular flexibility index (Phi) is 8.08. The summed E-state index contributed by atoms with van der Waals surface area (Å²) in [5.41, 5.74) is 3.31. The lowest BCUT2D eigenvalue weighted by Gasteiger charge is -2.19. The molecule has 194 valence electrons. The molecule has 0 bridgehead atoms. The SMILES string of the molecule is O=C(N[C@@H](Cc1ccccc1)C(=O)Nc1cccc(-c2nnc3n2CCCCC3)c1)OCc1ccccc1. The molecule has 0 fully saturated rings. The molecule has 3 aromatic carbocycles. The number of aryl methyl sites for hydroxylation is 1. The van der Waals surface area contributed by atoms with Crippen molar-refractivity contribution in [2.75, 3.05) is 5.32 Å². The van der Waals surface area contributed by atoms with Gasteiger partial charge in [0, 0.05) is 30.6 Å². The number of carbonyl (C=O) groups is 2. The summed E-state index contributed by atoms with van der Waals surface area (Å²) in [4.78, 5) is 26.0. The van der Waals surface area contributed by atoms with Crippen LogP contribution in [0.1, 0.15) is 36.2 Å². The topological polar surface area (TPSA) is 98.1 Å². The molecule has 1 aliphatic rings. The van der Waals surface area contributed by atoms with Gasteiger partial charge in [0.15, 0.2) is 5.82 Å². The zero-order valence-electron chi connectivity index (χ0n) is 21.2. The van der Waals surface area contributed by atoms with Crippen LogP contribution in [0.4, 0.5) is 10.5 Å². The van der Waals surface area contributed by atoms with Crippen molar-refractivity contribution < 1.29 is 14.3 Å². The molecule has 0 aliphatic carbocycles. The maximum Gasteiger partial charge on any atom is 0.408 e. The van der Waals surface area contributed by atoms with Gasteiger partial charge in [-0.1, -0.05) is 79.2 Å². The number of aromatic nitrogens is 3. The highest BCUT2D eigenvalue weighted by atomic mass is 16.5. The molecule has 1 atom stereocenters. The van der Waals surface area contributed by atoms with Crippen LogP contribution in [-0.2, 0) is 35.5 Å². The Bertz CT molecular complexity index is 1370. The van der Waals surface area contributed by atoms with E-state index >= 15 is 0 Å². The number of hydrogen-bond donors (Lipinski definition) is 2. The number of nitrogens with zero attached hydrogens (tertiary/aromatic N) is 3. The van der Waals surface area contributed by atoms with E-state index in [9.17, 15) is 9.59 Å². The first-order valence-electron chi connectivity index (χ1n) is 13.0. The summed E-state index contributed by atoms with van der Waals surface area (Å²) in [5.74, 6) is 1.48.